The molecule has 1 aromatic carbocycles. The Bertz CT molecular complexity index is 395. The van der Waals surface area contributed by atoms with E-state index in [2.05, 4.69) is 9.39 Å². The number of fused-ring (bicyclic) bond motifs is 1. The summed E-state index contributed by atoms with van der Waals surface area (Å²) in [6.45, 7) is 0. The van der Waals surface area contributed by atoms with Crippen LogP contribution in [0.3, 0.4) is 0 Å². The molecule has 0 amide bonds. The Morgan fingerprint density at radius 3 is 3.09 bits per heavy atom. The van der Waals surface area contributed by atoms with E-state index >= 15 is 0 Å². The van der Waals surface area contributed by atoms with Crippen molar-refractivity contribution in [3.05, 3.63) is 34.8 Å². The molecule has 0 aliphatic carbocycles. The van der Waals surface area contributed by atoms with Crippen LogP contribution in [0.4, 0.5) is 0 Å². The molecule has 0 bridgehead atoms. The molecule has 1 heterocycles. The molecule has 11 heavy (non-hydrogen) atoms. The van der Waals surface area contributed by atoms with Crippen LogP contribution in [0.5, 0.6) is 0 Å². The van der Waals surface area contributed by atoms with Crippen molar-refractivity contribution in [2.24, 2.45) is 9.39 Å². The van der Waals surface area contributed by atoms with E-state index in [4.69, 9.17) is 0 Å². The summed E-state index contributed by atoms with van der Waals surface area (Å²) < 4.78 is 4.22. The van der Waals surface area contributed by atoms with Crippen LogP contribution >= 0.6 is 11.9 Å². The molecule has 1 aromatic rings. The normalized spacial score (nSPS) is 14.2. The molecule has 1 aliphatic rings. The molecule has 0 unspecified atom stereocenters. The van der Waals surface area contributed by atoms with Crippen molar-refractivity contribution in [2.45, 2.75) is 0 Å². The Labute approximate surface area is 68.5 Å². The SMILES string of the molecule is C1=NC=c2ccccc2=NS1. The lowest BCUT2D eigenvalue weighted by Crippen LogP contribution is -2.22. The topological polar surface area (TPSA) is 24.7 Å². The van der Waals surface area contributed by atoms with Gasteiger partial charge in [-0.3, -0.25) is 4.99 Å². The van der Waals surface area contributed by atoms with Crippen molar-refractivity contribution in [3.63, 3.8) is 0 Å². The first-order valence-electron chi connectivity index (χ1n) is 3.27. The van der Waals surface area contributed by atoms with Gasteiger partial charge in [-0.15, -0.1) is 0 Å². The molecule has 0 fully saturated rings. The predicted octanol–water partition coefficient (Wildman–Crippen LogP) is 0.734. The maximum atomic E-state index is 4.22. The summed E-state index contributed by atoms with van der Waals surface area (Å²) in [7, 11) is 0. The third-order valence-electron chi connectivity index (χ3n) is 1.41. The number of aliphatic imine (C=N–C) groups is 1. The molecule has 0 saturated carbocycles. The Morgan fingerprint density at radius 1 is 1.18 bits per heavy atom. The summed E-state index contributed by atoms with van der Waals surface area (Å²) >= 11 is 1.36. The predicted molar refractivity (Wildman–Crippen MR) is 47.8 cm³/mol. The van der Waals surface area contributed by atoms with Crippen molar-refractivity contribution in [1.82, 2.24) is 0 Å². The molecule has 0 spiro atoms. The summed E-state index contributed by atoms with van der Waals surface area (Å²) in [5.74, 6) is 0. The number of hydrogen-bond acceptors (Lipinski definition) is 3. The standard InChI is InChI=1S/C8H6N2S/c1-2-4-8-7(3-1)5-9-6-11-10-8/h1-6H. The third kappa shape index (κ3) is 1.33. The molecule has 0 aromatic heterocycles. The smallest absolute Gasteiger partial charge is 0.0827 e. The quantitative estimate of drug-likeness (QED) is 0.516. The number of benzene rings is 1. The molecule has 0 atom stereocenters. The highest BCUT2D eigenvalue weighted by Crippen LogP contribution is 1.95. The maximum absolute atomic E-state index is 4.22. The van der Waals surface area contributed by atoms with Gasteiger partial charge in [0, 0.05) is 23.4 Å². The fourth-order valence-electron chi connectivity index (χ4n) is 0.898. The zero-order chi connectivity index (χ0) is 7.52. The highest BCUT2D eigenvalue weighted by atomic mass is 32.2. The number of rotatable bonds is 0. The van der Waals surface area contributed by atoms with Crippen LogP contribution in [0.1, 0.15) is 0 Å². The molecule has 2 nitrogen and oxygen atoms in total. The summed E-state index contributed by atoms with van der Waals surface area (Å²) in [6, 6.07) is 7.94. The fourth-order valence-corrected chi connectivity index (χ4v) is 1.34. The first-order valence-corrected chi connectivity index (χ1v) is 4.11. The van der Waals surface area contributed by atoms with Crippen LogP contribution in [0.2, 0.25) is 0 Å². The zero-order valence-corrected chi connectivity index (χ0v) is 6.58. The average molecular weight is 162 g/mol. The van der Waals surface area contributed by atoms with Gasteiger partial charge in [0.2, 0.25) is 0 Å². The Hall–Kier alpha value is -1.09. The van der Waals surface area contributed by atoms with E-state index in [0.717, 1.165) is 10.6 Å². The highest BCUT2D eigenvalue weighted by Gasteiger charge is 1.87. The van der Waals surface area contributed by atoms with Crippen molar-refractivity contribution < 1.29 is 0 Å². The first-order chi connectivity index (χ1) is 5.47. The second-order valence-electron chi connectivity index (χ2n) is 2.14. The monoisotopic (exact) mass is 162 g/mol. The Balaban J connectivity index is 2.81. The molecular formula is C8H6N2S. The van der Waals surface area contributed by atoms with Crippen molar-refractivity contribution >= 4 is 23.7 Å². The van der Waals surface area contributed by atoms with Gasteiger partial charge < -0.3 is 0 Å². The van der Waals surface area contributed by atoms with E-state index in [9.17, 15) is 0 Å². The van der Waals surface area contributed by atoms with Crippen LogP contribution in [0.25, 0.3) is 6.20 Å². The van der Waals surface area contributed by atoms with E-state index < -0.39 is 0 Å². The summed E-state index contributed by atoms with van der Waals surface area (Å²) in [6.07, 6.45) is 1.82. The molecule has 2 rings (SSSR count). The lowest BCUT2D eigenvalue weighted by Gasteiger charge is -1.83. The second kappa shape index (κ2) is 2.88. The minimum absolute atomic E-state index is 0.995. The van der Waals surface area contributed by atoms with E-state index in [1.54, 1.807) is 5.55 Å². The van der Waals surface area contributed by atoms with Gasteiger partial charge in [0.1, 0.15) is 0 Å². The van der Waals surface area contributed by atoms with Crippen LogP contribution < -0.4 is 10.6 Å². The fraction of sp³-hybridized carbons (Fsp3) is 0. The largest absolute Gasteiger partial charge is 0.255 e. The Morgan fingerprint density at radius 2 is 2.09 bits per heavy atom. The van der Waals surface area contributed by atoms with Crippen molar-refractivity contribution in [3.8, 4) is 0 Å². The Kier molecular flexibility index (Phi) is 1.73. The lowest BCUT2D eigenvalue weighted by molar-refractivity contribution is 1.40. The molecule has 0 saturated heterocycles. The molecule has 54 valence electrons. The van der Waals surface area contributed by atoms with Gasteiger partial charge in [0.15, 0.2) is 0 Å². The number of hydrogen-bond donors (Lipinski definition) is 0. The van der Waals surface area contributed by atoms with Gasteiger partial charge in [-0.1, -0.05) is 18.2 Å². The lowest BCUT2D eigenvalue weighted by atomic mass is 10.3. The molecular weight excluding hydrogens is 156 g/mol. The minimum atomic E-state index is 0.995. The van der Waals surface area contributed by atoms with Crippen LogP contribution in [0.15, 0.2) is 33.7 Å². The van der Waals surface area contributed by atoms with Crippen LogP contribution in [-0.4, -0.2) is 5.55 Å². The van der Waals surface area contributed by atoms with E-state index in [-0.39, 0.29) is 0 Å². The van der Waals surface area contributed by atoms with Gasteiger partial charge in [0.05, 0.1) is 10.9 Å². The number of nitrogens with zero attached hydrogens (tertiary/aromatic N) is 2. The minimum Gasteiger partial charge on any atom is -0.255 e. The van der Waals surface area contributed by atoms with Gasteiger partial charge in [-0.2, -0.15) is 0 Å². The van der Waals surface area contributed by atoms with Gasteiger partial charge in [-0.05, 0) is 6.07 Å². The van der Waals surface area contributed by atoms with Crippen molar-refractivity contribution in [1.29, 1.82) is 0 Å². The zero-order valence-electron chi connectivity index (χ0n) is 5.77. The third-order valence-corrected chi connectivity index (χ3v) is 1.93. The maximum Gasteiger partial charge on any atom is 0.0827 e. The van der Waals surface area contributed by atoms with E-state index in [0.29, 0.717) is 0 Å². The van der Waals surface area contributed by atoms with Gasteiger partial charge >= 0.3 is 0 Å². The summed E-state index contributed by atoms with van der Waals surface area (Å²) in [5.41, 5.74) is 1.72. The summed E-state index contributed by atoms with van der Waals surface area (Å²) in [5, 5.41) is 2.07. The summed E-state index contributed by atoms with van der Waals surface area (Å²) in [4.78, 5) is 4.03. The van der Waals surface area contributed by atoms with Gasteiger partial charge in [0.25, 0.3) is 0 Å². The van der Waals surface area contributed by atoms with Crippen LogP contribution in [-0.2, 0) is 0 Å². The van der Waals surface area contributed by atoms with Gasteiger partial charge in [-0.25, -0.2) is 4.40 Å². The molecule has 0 N–H and O–H groups in total. The molecule has 3 heteroatoms. The highest BCUT2D eigenvalue weighted by molar-refractivity contribution is 8.10. The first kappa shape index (κ1) is 6.61. The van der Waals surface area contributed by atoms with E-state index in [1.807, 2.05) is 30.5 Å². The molecule has 1 aliphatic heterocycles. The second-order valence-corrected chi connectivity index (χ2v) is 2.74. The average Bonchev–Trinajstić information content (AvgIpc) is 2.28. The molecule has 0 radical (unpaired) electrons. The van der Waals surface area contributed by atoms with E-state index in [1.165, 1.54) is 11.9 Å². The van der Waals surface area contributed by atoms with Crippen LogP contribution in [0, 0.1) is 0 Å². The van der Waals surface area contributed by atoms with Crippen molar-refractivity contribution in [2.75, 3.05) is 0 Å².